The molecule has 0 fully saturated rings. The number of benzene rings is 2. The maximum absolute atomic E-state index is 10.9. The number of nitro groups is 2. The average Bonchev–Trinajstić information content (AvgIpc) is 2.41. The number of nitro benzene ring substituents is 2. The van der Waals surface area contributed by atoms with Gasteiger partial charge in [0.15, 0.2) is 0 Å². The molecule has 6 heteroatoms. The van der Waals surface area contributed by atoms with Gasteiger partial charge in [0.25, 0.3) is 11.4 Å². The minimum atomic E-state index is -0.446. The van der Waals surface area contributed by atoms with Crippen molar-refractivity contribution in [2.75, 3.05) is 0 Å². The summed E-state index contributed by atoms with van der Waals surface area (Å²) in [5, 5.41) is 21.8. The van der Waals surface area contributed by atoms with E-state index in [2.05, 4.69) is 0 Å². The molecule has 0 radical (unpaired) electrons. The summed E-state index contributed by atoms with van der Waals surface area (Å²) in [6, 6.07) is 11.3. The second-order valence-corrected chi connectivity index (χ2v) is 4.44. The van der Waals surface area contributed by atoms with Crippen molar-refractivity contribution in [2.24, 2.45) is 0 Å². The third-order valence-corrected chi connectivity index (χ3v) is 3.05. The summed E-state index contributed by atoms with van der Waals surface area (Å²) in [6.07, 6.45) is 0.290. The van der Waals surface area contributed by atoms with Crippen molar-refractivity contribution >= 4 is 11.4 Å². The molecule has 0 N–H and O–H groups in total. The molecule has 0 aliphatic rings. The highest BCUT2D eigenvalue weighted by Crippen LogP contribution is 2.24. The standard InChI is InChI=1S/C14H12N2O4/c1-10-6-7-11(9-14(10)16(19)20)8-12-4-2-3-5-13(12)15(17)18/h2-7,9H,8H2,1H3. The molecule has 0 bridgehead atoms. The second kappa shape index (κ2) is 5.48. The van der Waals surface area contributed by atoms with E-state index in [1.165, 1.54) is 12.1 Å². The van der Waals surface area contributed by atoms with Gasteiger partial charge in [-0.05, 0) is 12.5 Å². The van der Waals surface area contributed by atoms with Gasteiger partial charge in [-0.25, -0.2) is 0 Å². The van der Waals surface area contributed by atoms with Crippen LogP contribution in [0.5, 0.6) is 0 Å². The molecule has 0 saturated heterocycles. The van der Waals surface area contributed by atoms with Crippen molar-refractivity contribution in [2.45, 2.75) is 13.3 Å². The summed E-state index contributed by atoms with van der Waals surface area (Å²) in [5.41, 5.74) is 1.84. The highest BCUT2D eigenvalue weighted by Gasteiger charge is 2.15. The molecule has 0 unspecified atom stereocenters. The molecule has 0 atom stereocenters. The van der Waals surface area contributed by atoms with Gasteiger partial charge in [-0.2, -0.15) is 0 Å². The molecule has 0 amide bonds. The van der Waals surface area contributed by atoms with Crippen LogP contribution in [0.3, 0.4) is 0 Å². The summed E-state index contributed by atoms with van der Waals surface area (Å²) in [4.78, 5) is 20.9. The Balaban J connectivity index is 2.38. The van der Waals surface area contributed by atoms with Crippen LogP contribution in [0.25, 0.3) is 0 Å². The Bertz CT molecular complexity index is 683. The third kappa shape index (κ3) is 2.80. The fourth-order valence-corrected chi connectivity index (χ4v) is 2.02. The molecule has 0 heterocycles. The number of rotatable bonds is 4. The lowest BCUT2D eigenvalue weighted by molar-refractivity contribution is -0.385. The van der Waals surface area contributed by atoms with E-state index < -0.39 is 9.85 Å². The van der Waals surface area contributed by atoms with Gasteiger partial charge in [0, 0.05) is 29.7 Å². The third-order valence-electron chi connectivity index (χ3n) is 3.05. The van der Waals surface area contributed by atoms with Gasteiger partial charge in [0.2, 0.25) is 0 Å². The summed E-state index contributed by atoms with van der Waals surface area (Å²) in [5.74, 6) is 0. The maximum atomic E-state index is 10.9. The molecule has 0 aromatic heterocycles. The Morgan fingerprint density at radius 3 is 2.25 bits per heavy atom. The quantitative estimate of drug-likeness (QED) is 0.630. The fraction of sp³-hybridized carbons (Fsp3) is 0.143. The van der Waals surface area contributed by atoms with Gasteiger partial charge >= 0.3 is 0 Å². The monoisotopic (exact) mass is 272 g/mol. The molecule has 2 aromatic carbocycles. The SMILES string of the molecule is Cc1ccc(Cc2ccccc2[N+](=O)[O-])cc1[N+](=O)[O-]. The Labute approximate surface area is 115 Å². The van der Waals surface area contributed by atoms with E-state index in [0.29, 0.717) is 16.7 Å². The summed E-state index contributed by atoms with van der Waals surface area (Å²) < 4.78 is 0. The number of para-hydroxylation sites is 1. The van der Waals surface area contributed by atoms with Crippen LogP contribution in [0.2, 0.25) is 0 Å². The van der Waals surface area contributed by atoms with Gasteiger partial charge in [-0.15, -0.1) is 0 Å². The second-order valence-electron chi connectivity index (χ2n) is 4.44. The first-order valence-corrected chi connectivity index (χ1v) is 5.95. The number of hydrogen-bond acceptors (Lipinski definition) is 4. The number of hydrogen-bond donors (Lipinski definition) is 0. The van der Waals surface area contributed by atoms with Crippen LogP contribution >= 0.6 is 0 Å². The minimum Gasteiger partial charge on any atom is -0.258 e. The zero-order valence-corrected chi connectivity index (χ0v) is 10.8. The van der Waals surface area contributed by atoms with Gasteiger partial charge in [0.05, 0.1) is 9.85 Å². The smallest absolute Gasteiger partial charge is 0.258 e. The fourth-order valence-electron chi connectivity index (χ4n) is 2.02. The van der Waals surface area contributed by atoms with Gasteiger partial charge in [0.1, 0.15) is 0 Å². The van der Waals surface area contributed by atoms with E-state index in [-0.39, 0.29) is 17.8 Å². The van der Waals surface area contributed by atoms with E-state index in [4.69, 9.17) is 0 Å². The summed E-state index contributed by atoms with van der Waals surface area (Å²) in [6.45, 7) is 1.66. The van der Waals surface area contributed by atoms with Crippen molar-refractivity contribution in [1.29, 1.82) is 0 Å². The molecular weight excluding hydrogens is 260 g/mol. The first-order chi connectivity index (χ1) is 9.49. The van der Waals surface area contributed by atoms with Crippen LogP contribution < -0.4 is 0 Å². The van der Waals surface area contributed by atoms with Crippen molar-refractivity contribution < 1.29 is 9.85 Å². The van der Waals surface area contributed by atoms with E-state index in [0.717, 1.165) is 0 Å². The topological polar surface area (TPSA) is 86.3 Å². The van der Waals surface area contributed by atoms with Crippen LogP contribution in [0.4, 0.5) is 11.4 Å². The first kappa shape index (κ1) is 13.7. The lowest BCUT2D eigenvalue weighted by Crippen LogP contribution is -1.98. The molecule has 0 aliphatic heterocycles. The maximum Gasteiger partial charge on any atom is 0.272 e. The number of nitrogens with zero attached hydrogens (tertiary/aromatic N) is 2. The molecular formula is C14H12N2O4. The van der Waals surface area contributed by atoms with Crippen molar-refractivity contribution in [3.05, 3.63) is 79.4 Å². The average molecular weight is 272 g/mol. The Morgan fingerprint density at radius 2 is 1.60 bits per heavy atom. The normalized spacial score (nSPS) is 10.2. The van der Waals surface area contributed by atoms with Crippen LogP contribution in [0.15, 0.2) is 42.5 Å². The van der Waals surface area contributed by atoms with Gasteiger partial charge in [-0.1, -0.05) is 30.3 Å². The molecule has 0 saturated carbocycles. The molecule has 0 spiro atoms. The Kier molecular flexibility index (Phi) is 3.74. The molecule has 2 aromatic rings. The van der Waals surface area contributed by atoms with Crippen LogP contribution in [-0.2, 0) is 6.42 Å². The highest BCUT2D eigenvalue weighted by molar-refractivity contribution is 5.47. The minimum absolute atomic E-state index is 0.0238. The van der Waals surface area contributed by atoms with Crippen LogP contribution in [-0.4, -0.2) is 9.85 Å². The molecule has 20 heavy (non-hydrogen) atoms. The molecule has 102 valence electrons. The zero-order valence-electron chi connectivity index (χ0n) is 10.8. The number of aryl methyl sites for hydroxylation is 1. The zero-order chi connectivity index (χ0) is 14.7. The first-order valence-electron chi connectivity index (χ1n) is 5.95. The summed E-state index contributed by atoms with van der Waals surface area (Å²) in [7, 11) is 0. The largest absolute Gasteiger partial charge is 0.272 e. The predicted octanol–water partition coefficient (Wildman–Crippen LogP) is 3.40. The van der Waals surface area contributed by atoms with Gasteiger partial charge in [-0.3, -0.25) is 20.2 Å². The molecule has 0 aliphatic carbocycles. The molecule has 6 nitrogen and oxygen atoms in total. The van der Waals surface area contributed by atoms with E-state index in [1.54, 1.807) is 37.3 Å². The van der Waals surface area contributed by atoms with E-state index in [1.807, 2.05) is 0 Å². The Hall–Kier alpha value is -2.76. The van der Waals surface area contributed by atoms with E-state index in [9.17, 15) is 20.2 Å². The summed E-state index contributed by atoms with van der Waals surface area (Å²) >= 11 is 0. The lowest BCUT2D eigenvalue weighted by atomic mass is 10.0. The van der Waals surface area contributed by atoms with Crippen molar-refractivity contribution in [3.8, 4) is 0 Å². The highest BCUT2D eigenvalue weighted by atomic mass is 16.6. The van der Waals surface area contributed by atoms with Gasteiger partial charge < -0.3 is 0 Å². The van der Waals surface area contributed by atoms with Crippen molar-refractivity contribution in [3.63, 3.8) is 0 Å². The van der Waals surface area contributed by atoms with Crippen LogP contribution in [0, 0.1) is 27.2 Å². The van der Waals surface area contributed by atoms with E-state index >= 15 is 0 Å². The molecule has 2 rings (SSSR count). The lowest BCUT2D eigenvalue weighted by Gasteiger charge is -2.04. The predicted molar refractivity (Wildman–Crippen MR) is 73.7 cm³/mol. The van der Waals surface area contributed by atoms with Crippen LogP contribution in [0.1, 0.15) is 16.7 Å². The van der Waals surface area contributed by atoms with Crippen molar-refractivity contribution in [1.82, 2.24) is 0 Å². The Morgan fingerprint density at radius 1 is 0.950 bits per heavy atom.